The number of nitro benzene ring substituents is 1. The Kier molecular flexibility index (Phi) is 2.97. The lowest BCUT2D eigenvalue weighted by Crippen LogP contribution is -2.01. The minimum absolute atomic E-state index is 0.0386. The average Bonchev–Trinajstić information content (AvgIpc) is 2.15. The molecule has 13 heavy (non-hydrogen) atoms. The second-order valence-corrected chi connectivity index (χ2v) is 2.35. The standard InChI is InChI=1S/C8H8N2O3/c11-6-5-9-7-1-3-8(4-2-7)10(12)13/h1-4,6,9H,5H2. The van der Waals surface area contributed by atoms with Gasteiger partial charge in [-0.15, -0.1) is 0 Å². The Morgan fingerprint density at radius 2 is 2.00 bits per heavy atom. The third-order valence-corrected chi connectivity index (χ3v) is 1.47. The fourth-order valence-corrected chi connectivity index (χ4v) is 0.861. The van der Waals surface area contributed by atoms with Crippen LogP contribution in [0.25, 0.3) is 0 Å². The van der Waals surface area contributed by atoms with Crippen LogP contribution < -0.4 is 5.32 Å². The number of anilines is 1. The number of aldehydes is 1. The molecule has 0 saturated heterocycles. The Balaban J connectivity index is 2.69. The quantitative estimate of drug-likeness (QED) is 0.429. The Hall–Kier alpha value is -1.91. The molecular formula is C8H8N2O3. The Bertz CT molecular complexity index is 308. The number of nitro groups is 1. The normalized spacial score (nSPS) is 9.23. The number of carbonyl (C=O) groups excluding carboxylic acids is 1. The molecule has 0 aliphatic carbocycles. The predicted octanol–water partition coefficient (Wildman–Crippen LogP) is 1.21. The van der Waals surface area contributed by atoms with Crippen LogP contribution in [0, 0.1) is 10.1 Å². The first-order chi connectivity index (χ1) is 6.24. The van der Waals surface area contributed by atoms with E-state index in [1.807, 2.05) is 0 Å². The molecule has 0 heterocycles. The lowest BCUT2D eigenvalue weighted by molar-refractivity contribution is -0.384. The minimum atomic E-state index is -0.469. The van der Waals surface area contributed by atoms with E-state index in [1.165, 1.54) is 12.1 Å². The number of non-ortho nitro benzene ring substituents is 1. The molecule has 0 atom stereocenters. The van der Waals surface area contributed by atoms with Crippen LogP contribution in [0.4, 0.5) is 11.4 Å². The number of carbonyl (C=O) groups is 1. The van der Waals surface area contributed by atoms with Crippen LogP contribution in [-0.2, 0) is 4.79 Å². The summed E-state index contributed by atoms with van der Waals surface area (Å²) in [5, 5.41) is 13.0. The predicted molar refractivity (Wildman–Crippen MR) is 47.7 cm³/mol. The van der Waals surface area contributed by atoms with Crippen molar-refractivity contribution in [3.8, 4) is 0 Å². The fraction of sp³-hybridized carbons (Fsp3) is 0.125. The van der Waals surface area contributed by atoms with E-state index in [4.69, 9.17) is 0 Å². The largest absolute Gasteiger partial charge is 0.378 e. The van der Waals surface area contributed by atoms with Crippen molar-refractivity contribution in [3.63, 3.8) is 0 Å². The molecule has 0 aromatic heterocycles. The summed E-state index contributed by atoms with van der Waals surface area (Å²) < 4.78 is 0. The maximum atomic E-state index is 10.3. The van der Waals surface area contributed by atoms with Crippen LogP contribution in [-0.4, -0.2) is 17.8 Å². The van der Waals surface area contributed by atoms with Crippen molar-refractivity contribution < 1.29 is 9.72 Å². The SMILES string of the molecule is O=CCNc1ccc([N+](=O)[O-])cc1. The molecule has 5 nitrogen and oxygen atoms in total. The van der Waals surface area contributed by atoms with Gasteiger partial charge >= 0.3 is 0 Å². The number of rotatable bonds is 4. The third kappa shape index (κ3) is 2.55. The summed E-state index contributed by atoms with van der Waals surface area (Å²) in [6, 6.07) is 5.88. The molecule has 0 radical (unpaired) electrons. The number of nitrogens with one attached hydrogen (secondary N) is 1. The smallest absolute Gasteiger partial charge is 0.269 e. The number of benzene rings is 1. The Labute approximate surface area is 74.5 Å². The Morgan fingerprint density at radius 1 is 1.38 bits per heavy atom. The van der Waals surface area contributed by atoms with Gasteiger partial charge in [-0.25, -0.2) is 0 Å². The number of hydrogen-bond donors (Lipinski definition) is 1. The van der Waals surface area contributed by atoms with Gasteiger partial charge in [0.25, 0.3) is 5.69 Å². The van der Waals surface area contributed by atoms with Crippen molar-refractivity contribution in [1.82, 2.24) is 0 Å². The van der Waals surface area contributed by atoms with Gasteiger partial charge in [0.15, 0.2) is 0 Å². The molecule has 68 valence electrons. The van der Waals surface area contributed by atoms with Gasteiger partial charge in [-0.1, -0.05) is 0 Å². The summed E-state index contributed by atoms with van der Waals surface area (Å²) in [6.07, 6.45) is 0.724. The maximum Gasteiger partial charge on any atom is 0.269 e. The fourth-order valence-electron chi connectivity index (χ4n) is 0.861. The van der Waals surface area contributed by atoms with Crippen molar-refractivity contribution >= 4 is 17.7 Å². The summed E-state index contributed by atoms with van der Waals surface area (Å²) in [4.78, 5) is 19.8. The van der Waals surface area contributed by atoms with Crippen molar-refractivity contribution in [2.24, 2.45) is 0 Å². The highest BCUT2D eigenvalue weighted by Gasteiger charge is 2.02. The van der Waals surface area contributed by atoms with Crippen molar-refractivity contribution in [2.75, 3.05) is 11.9 Å². The topological polar surface area (TPSA) is 72.2 Å². The zero-order valence-corrected chi connectivity index (χ0v) is 6.77. The van der Waals surface area contributed by atoms with Crippen molar-refractivity contribution in [2.45, 2.75) is 0 Å². The molecule has 0 bridgehead atoms. The van der Waals surface area contributed by atoms with Gasteiger partial charge < -0.3 is 10.1 Å². The van der Waals surface area contributed by atoms with Crippen LogP contribution >= 0.6 is 0 Å². The first-order valence-corrected chi connectivity index (χ1v) is 3.66. The molecule has 0 saturated carbocycles. The number of hydrogen-bond acceptors (Lipinski definition) is 4. The molecule has 1 aromatic carbocycles. The molecule has 1 aromatic rings. The molecule has 1 rings (SSSR count). The van der Waals surface area contributed by atoms with Crippen LogP contribution in [0.3, 0.4) is 0 Å². The van der Waals surface area contributed by atoms with Gasteiger partial charge in [0.2, 0.25) is 0 Å². The molecule has 0 spiro atoms. The molecule has 5 heteroatoms. The highest BCUT2D eigenvalue weighted by atomic mass is 16.6. The van der Waals surface area contributed by atoms with E-state index < -0.39 is 4.92 Å². The van der Waals surface area contributed by atoms with E-state index in [0.717, 1.165) is 6.29 Å². The Morgan fingerprint density at radius 3 is 2.46 bits per heavy atom. The lowest BCUT2D eigenvalue weighted by Gasteiger charge is -1.99. The number of nitrogens with zero attached hydrogens (tertiary/aromatic N) is 1. The van der Waals surface area contributed by atoms with E-state index in [0.29, 0.717) is 5.69 Å². The molecule has 0 fully saturated rings. The van der Waals surface area contributed by atoms with E-state index in [-0.39, 0.29) is 12.2 Å². The second kappa shape index (κ2) is 4.20. The van der Waals surface area contributed by atoms with E-state index in [1.54, 1.807) is 12.1 Å². The molecule has 0 aliphatic heterocycles. The van der Waals surface area contributed by atoms with E-state index in [9.17, 15) is 14.9 Å². The zero-order chi connectivity index (χ0) is 9.68. The van der Waals surface area contributed by atoms with Gasteiger partial charge in [-0.05, 0) is 12.1 Å². The molecule has 0 aliphatic rings. The lowest BCUT2D eigenvalue weighted by atomic mass is 10.3. The molecular weight excluding hydrogens is 172 g/mol. The first kappa shape index (κ1) is 9.18. The summed E-state index contributed by atoms with van der Waals surface area (Å²) in [7, 11) is 0. The summed E-state index contributed by atoms with van der Waals surface area (Å²) in [5.74, 6) is 0. The molecule has 0 unspecified atom stereocenters. The molecule has 0 amide bonds. The summed E-state index contributed by atoms with van der Waals surface area (Å²) >= 11 is 0. The highest BCUT2D eigenvalue weighted by Crippen LogP contribution is 2.14. The second-order valence-electron chi connectivity index (χ2n) is 2.35. The summed E-state index contributed by atoms with van der Waals surface area (Å²) in [6.45, 7) is 0.206. The van der Waals surface area contributed by atoms with Crippen LogP contribution in [0.15, 0.2) is 24.3 Å². The van der Waals surface area contributed by atoms with Gasteiger partial charge in [-0.2, -0.15) is 0 Å². The first-order valence-electron chi connectivity index (χ1n) is 3.66. The average molecular weight is 180 g/mol. The summed E-state index contributed by atoms with van der Waals surface area (Å²) in [5.41, 5.74) is 0.731. The monoisotopic (exact) mass is 180 g/mol. The zero-order valence-electron chi connectivity index (χ0n) is 6.77. The van der Waals surface area contributed by atoms with E-state index >= 15 is 0 Å². The van der Waals surface area contributed by atoms with Crippen molar-refractivity contribution in [3.05, 3.63) is 34.4 Å². The minimum Gasteiger partial charge on any atom is -0.378 e. The van der Waals surface area contributed by atoms with E-state index in [2.05, 4.69) is 5.32 Å². The van der Waals surface area contributed by atoms with Crippen LogP contribution in [0.1, 0.15) is 0 Å². The molecule has 1 N–H and O–H groups in total. The third-order valence-electron chi connectivity index (χ3n) is 1.47. The van der Waals surface area contributed by atoms with Crippen LogP contribution in [0.2, 0.25) is 0 Å². The van der Waals surface area contributed by atoms with Gasteiger partial charge in [0.1, 0.15) is 6.29 Å². The highest BCUT2D eigenvalue weighted by molar-refractivity contribution is 5.59. The van der Waals surface area contributed by atoms with Crippen molar-refractivity contribution in [1.29, 1.82) is 0 Å². The van der Waals surface area contributed by atoms with Gasteiger partial charge in [-0.3, -0.25) is 10.1 Å². The maximum absolute atomic E-state index is 10.3. The van der Waals surface area contributed by atoms with Crippen LogP contribution in [0.5, 0.6) is 0 Å². The van der Waals surface area contributed by atoms with Gasteiger partial charge in [0.05, 0.1) is 11.5 Å². The van der Waals surface area contributed by atoms with Gasteiger partial charge in [0, 0.05) is 17.8 Å².